The molecule has 0 aliphatic heterocycles. The van der Waals surface area contributed by atoms with Crippen LogP contribution >= 0.6 is 11.3 Å². The van der Waals surface area contributed by atoms with Crippen LogP contribution in [0, 0.1) is 0 Å². The molecule has 0 amide bonds. The number of carbonyl (C=O) groups is 1. The molecule has 0 radical (unpaired) electrons. The molecule has 7 heteroatoms. The molecule has 0 unspecified atom stereocenters. The molecule has 5 rings (SSSR count). The van der Waals surface area contributed by atoms with Crippen LogP contribution in [-0.2, 0) is 11.3 Å². The first-order valence-electron chi connectivity index (χ1n) is 13.5. The molecule has 0 aliphatic rings. The summed E-state index contributed by atoms with van der Waals surface area (Å²) in [5.74, 6) is 0.383. The number of ether oxygens (including phenoxy) is 2. The smallest absolute Gasteiger partial charge is 0.337 e. The minimum Gasteiger partial charge on any atom is -0.489 e. The molecule has 0 N–H and O–H groups in total. The molecule has 42 heavy (non-hydrogen) atoms. The highest BCUT2D eigenvalue weighted by molar-refractivity contribution is 7.07. The Bertz CT molecular complexity index is 1750. The molecule has 0 spiro atoms. The summed E-state index contributed by atoms with van der Waals surface area (Å²) in [6.45, 7) is 6.88. The van der Waals surface area contributed by atoms with E-state index in [2.05, 4.69) is 48.4 Å². The lowest BCUT2D eigenvalue weighted by Crippen LogP contribution is -2.13. The van der Waals surface area contributed by atoms with Gasteiger partial charge in [0, 0.05) is 10.9 Å². The van der Waals surface area contributed by atoms with Gasteiger partial charge in [-0.2, -0.15) is 5.10 Å². The van der Waals surface area contributed by atoms with Crippen molar-refractivity contribution in [3.63, 3.8) is 0 Å². The van der Waals surface area contributed by atoms with Crippen molar-refractivity contribution in [3.8, 4) is 28.1 Å². The zero-order valence-electron chi connectivity index (χ0n) is 23.6. The Labute approximate surface area is 249 Å². The van der Waals surface area contributed by atoms with Crippen LogP contribution in [0.1, 0.15) is 28.4 Å². The SMILES string of the molecule is C=C(C)CN=c1scc(-c2ccc(-c3ccccc3)cc2)n1/N=C\c1ccc(OCc2ccc(C(=O)OC)cc2)cc1. The van der Waals surface area contributed by atoms with Crippen LogP contribution in [0.2, 0.25) is 0 Å². The summed E-state index contributed by atoms with van der Waals surface area (Å²) in [6, 6.07) is 33.8. The van der Waals surface area contributed by atoms with Crippen LogP contribution in [0.4, 0.5) is 0 Å². The summed E-state index contributed by atoms with van der Waals surface area (Å²) in [4.78, 5) is 17.2. The molecular weight excluding hydrogens is 542 g/mol. The summed E-state index contributed by atoms with van der Waals surface area (Å²) in [5.41, 5.74) is 7.76. The third-order valence-electron chi connectivity index (χ3n) is 6.44. The lowest BCUT2D eigenvalue weighted by molar-refractivity contribution is 0.0600. The second kappa shape index (κ2) is 13.6. The van der Waals surface area contributed by atoms with Gasteiger partial charge in [0.1, 0.15) is 12.4 Å². The first-order valence-corrected chi connectivity index (χ1v) is 14.3. The van der Waals surface area contributed by atoms with Crippen molar-refractivity contribution in [2.24, 2.45) is 10.1 Å². The Kier molecular flexibility index (Phi) is 9.21. The second-order valence-electron chi connectivity index (χ2n) is 9.72. The summed E-state index contributed by atoms with van der Waals surface area (Å²) in [5, 5.41) is 6.91. The molecule has 5 aromatic rings. The number of methoxy groups -OCH3 is 1. The Morgan fingerprint density at radius 1 is 0.881 bits per heavy atom. The standard InChI is InChI=1S/C35H31N3O3S/c1-25(2)21-36-35-38(33(24-42-35)30-17-15-29(16-18-30)28-7-5-4-6-8-28)37-22-26-11-19-32(20-12-26)41-23-27-9-13-31(14-10-27)34(39)40-3/h4-20,22,24H,1,21,23H2,2-3H3/b36-35?,37-22-. The minimum atomic E-state index is -0.356. The average Bonchev–Trinajstić information content (AvgIpc) is 3.45. The Morgan fingerprint density at radius 3 is 2.21 bits per heavy atom. The third-order valence-corrected chi connectivity index (χ3v) is 7.29. The number of hydrogen-bond donors (Lipinski definition) is 0. The maximum Gasteiger partial charge on any atom is 0.337 e. The first kappa shape index (κ1) is 28.5. The van der Waals surface area contributed by atoms with E-state index in [-0.39, 0.29) is 5.97 Å². The van der Waals surface area contributed by atoms with E-state index in [4.69, 9.17) is 19.6 Å². The quantitative estimate of drug-likeness (QED) is 0.0981. The number of hydrogen-bond acceptors (Lipinski definition) is 6. The van der Waals surface area contributed by atoms with Crippen molar-refractivity contribution in [3.05, 3.63) is 142 Å². The lowest BCUT2D eigenvalue weighted by atomic mass is 10.0. The topological polar surface area (TPSA) is 65.2 Å². The summed E-state index contributed by atoms with van der Waals surface area (Å²) < 4.78 is 12.6. The van der Waals surface area contributed by atoms with Crippen LogP contribution in [0.25, 0.3) is 22.4 Å². The predicted molar refractivity (Wildman–Crippen MR) is 170 cm³/mol. The Morgan fingerprint density at radius 2 is 1.55 bits per heavy atom. The van der Waals surface area contributed by atoms with Gasteiger partial charge in [-0.1, -0.05) is 78.9 Å². The molecule has 0 saturated carbocycles. The average molecular weight is 574 g/mol. The maximum atomic E-state index is 11.6. The van der Waals surface area contributed by atoms with Gasteiger partial charge < -0.3 is 9.47 Å². The van der Waals surface area contributed by atoms with Gasteiger partial charge in [-0.15, -0.1) is 11.3 Å². The molecule has 1 heterocycles. The molecule has 6 nitrogen and oxygen atoms in total. The van der Waals surface area contributed by atoms with E-state index in [0.717, 1.165) is 44.1 Å². The van der Waals surface area contributed by atoms with Gasteiger partial charge in [0.05, 0.1) is 31.1 Å². The van der Waals surface area contributed by atoms with E-state index >= 15 is 0 Å². The number of aromatic nitrogens is 1. The number of carbonyl (C=O) groups excluding carboxylic acids is 1. The van der Waals surface area contributed by atoms with E-state index in [9.17, 15) is 4.79 Å². The molecule has 0 fully saturated rings. The van der Waals surface area contributed by atoms with E-state index in [1.54, 1.807) is 23.5 Å². The van der Waals surface area contributed by atoms with Crippen LogP contribution in [0.15, 0.2) is 131 Å². The highest BCUT2D eigenvalue weighted by Gasteiger charge is 2.09. The normalized spacial score (nSPS) is 11.5. The zero-order valence-corrected chi connectivity index (χ0v) is 24.4. The number of benzene rings is 4. The van der Waals surface area contributed by atoms with Crippen LogP contribution < -0.4 is 9.54 Å². The van der Waals surface area contributed by atoms with Gasteiger partial charge in [-0.05, 0) is 65.6 Å². The van der Waals surface area contributed by atoms with Crippen LogP contribution in [-0.4, -0.2) is 30.5 Å². The molecule has 0 atom stereocenters. The van der Waals surface area contributed by atoms with Gasteiger partial charge in [-0.3, -0.25) is 4.99 Å². The van der Waals surface area contributed by atoms with E-state index < -0.39 is 0 Å². The van der Waals surface area contributed by atoms with Crippen LogP contribution in [0.3, 0.4) is 0 Å². The Hall–Kier alpha value is -5.01. The fourth-order valence-corrected chi connectivity index (χ4v) is 5.02. The van der Waals surface area contributed by atoms with Gasteiger partial charge in [-0.25, -0.2) is 9.47 Å². The minimum absolute atomic E-state index is 0.356. The molecular formula is C35H31N3O3S. The van der Waals surface area contributed by atoms with Crippen LogP contribution in [0.5, 0.6) is 5.75 Å². The van der Waals surface area contributed by atoms with Gasteiger partial charge in [0.15, 0.2) is 0 Å². The number of nitrogens with zero attached hydrogens (tertiary/aromatic N) is 3. The van der Waals surface area contributed by atoms with Gasteiger partial charge in [0.2, 0.25) is 4.80 Å². The molecule has 1 aromatic heterocycles. The summed E-state index contributed by atoms with van der Waals surface area (Å²) in [7, 11) is 1.37. The van der Waals surface area contributed by atoms with Gasteiger partial charge >= 0.3 is 5.97 Å². The maximum absolute atomic E-state index is 11.6. The largest absolute Gasteiger partial charge is 0.489 e. The monoisotopic (exact) mass is 573 g/mol. The fourth-order valence-electron chi connectivity index (χ4n) is 4.18. The lowest BCUT2D eigenvalue weighted by Gasteiger charge is -2.08. The highest BCUT2D eigenvalue weighted by Crippen LogP contribution is 2.25. The fraction of sp³-hybridized carbons (Fsp3) is 0.114. The van der Waals surface area contributed by atoms with E-state index in [0.29, 0.717) is 18.7 Å². The molecule has 0 bridgehead atoms. The molecule has 4 aromatic carbocycles. The van der Waals surface area contributed by atoms with E-state index in [1.807, 2.05) is 72.4 Å². The van der Waals surface area contributed by atoms with Crippen molar-refractivity contribution in [2.75, 3.05) is 13.7 Å². The Balaban J connectivity index is 1.32. The highest BCUT2D eigenvalue weighted by atomic mass is 32.1. The summed E-state index contributed by atoms with van der Waals surface area (Å²) in [6.07, 6.45) is 1.82. The van der Waals surface area contributed by atoms with Crippen molar-refractivity contribution in [1.29, 1.82) is 0 Å². The molecule has 0 saturated heterocycles. The number of rotatable bonds is 10. The first-order chi connectivity index (χ1) is 20.5. The second-order valence-corrected chi connectivity index (χ2v) is 10.6. The van der Waals surface area contributed by atoms with Crippen molar-refractivity contribution >= 4 is 23.5 Å². The van der Waals surface area contributed by atoms with Crippen molar-refractivity contribution < 1.29 is 14.3 Å². The van der Waals surface area contributed by atoms with Gasteiger partial charge in [0.25, 0.3) is 0 Å². The van der Waals surface area contributed by atoms with Crippen molar-refractivity contribution in [2.45, 2.75) is 13.5 Å². The van der Waals surface area contributed by atoms with E-state index in [1.165, 1.54) is 12.7 Å². The predicted octanol–water partition coefficient (Wildman–Crippen LogP) is 7.61. The third kappa shape index (κ3) is 7.19. The number of esters is 1. The van der Waals surface area contributed by atoms with Crippen molar-refractivity contribution in [1.82, 2.24) is 4.68 Å². The molecule has 0 aliphatic carbocycles. The molecule has 210 valence electrons. The number of thiazole rings is 1. The summed E-state index contributed by atoms with van der Waals surface area (Å²) >= 11 is 1.56. The zero-order chi connectivity index (χ0) is 29.3.